The third-order valence-corrected chi connectivity index (χ3v) is 3.45. The monoisotopic (exact) mass is 257 g/mol. The van der Waals surface area contributed by atoms with Gasteiger partial charge in [-0.1, -0.05) is 12.8 Å². The molecule has 1 aliphatic carbocycles. The highest BCUT2D eigenvalue weighted by atomic mass is 19.2. The predicted octanol–water partition coefficient (Wildman–Crippen LogP) is 2.95. The van der Waals surface area contributed by atoms with Crippen LogP contribution in [0.15, 0.2) is 12.1 Å². The maximum Gasteiger partial charge on any atom is 0.195 e. The fourth-order valence-corrected chi connectivity index (χ4v) is 2.41. The third-order valence-electron chi connectivity index (χ3n) is 3.45. The summed E-state index contributed by atoms with van der Waals surface area (Å²) in [5, 5.41) is 0. The molecule has 2 rings (SSSR count). The number of halogens is 3. The number of benzene rings is 1. The topological polar surface area (TPSA) is 43.1 Å². The maximum absolute atomic E-state index is 13.4. The first-order valence-corrected chi connectivity index (χ1v) is 5.88. The molecule has 0 bridgehead atoms. The predicted molar refractivity (Wildman–Crippen MR) is 60.6 cm³/mol. The van der Waals surface area contributed by atoms with Gasteiger partial charge in [0.15, 0.2) is 23.2 Å². The maximum atomic E-state index is 13.4. The van der Waals surface area contributed by atoms with Crippen LogP contribution >= 0.6 is 0 Å². The lowest BCUT2D eigenvalue weighted by Crippen LogP contribution is -2.38. The fourth-order valence-electron chi connectivity index (χ4n) is 2.41. The van der Waals surface area contributed by atoms with Gasteiger partial charge in [0.25, 0.3) is 0 Å². The van der Waals surface area contributed by atoms with Crippen molar-refractivity contribution in [3.8, 4) is 0 Å². The molecule has 2 nitrogen and oxygen atoms in total. The lowest BCUT2D eigenvalue weighted by molar-refractivity contribution is 0.0947. The van der Waals surface area contributed by atoms with Crippen molar-refractivity contribution >= 4 is 5.78 Å². The summed E-state index contributed by atoms with van der Waals surface area (Å²) in [7, 11) is 0. The molecule has 0 unspecified atom stereocenters. The fraction of sp³-hybridized carbons (Fsp3) is 0.462. The van der Waals surface area contributed by atoms with E-state index in [4.69, 9.17) is 5.73 Å². The molecule has 2 N–H and O–H groups in total. The summed E-state index contributed by atoms with van der Waals surface area (Å²) in [4.78, 5) is 11.9. The van der Waals surface area contributed by atoms with Crippen molar-refractivity contribution in [1.82, 2.24) is 0 Å². The highest BCUT2D eigenvalue weighted by molar-refractivity contribution is 5.97. The quantitative estimate of drug-likeness (QED) is 0.668. The van der Waals surface area contributed by atoms with Gasteiger partial charge in [-0.05, 0) is 25.0 Å². The van der Waals surface area contributed by atoms with Crippen molar-refractivity contribution in [1.29, 1.82) is 0 Å². The van der Waals surface area contributed by atoms with Gasteiger partial charge in [0.2, 0.25) is 0 Å². The van der Waals surface area contributed by atoms with E-state index in [1.807, 2.05) is 0 Å². The molecule has 1 fully saturated rings. The number of hydrogen-bond donors (Lipinski definition) is 1. The van der Waals surface area contributed by atoms with Crippen LogP contribution in [0.25, 0.3) is 0 Å². The SMILES string of the molecule is NC1(CC(=O)c2ccc(F)c(F)c2F)CCCC1. The second-order valence-electron chi connectivity index (χ2n) is 4.89. The van der Waals surface area contributed by atoms with Crippen LogP contribution in [0.5, 0.6) is 0 Å². The van der Waals surface area contributed by atoms with Gasteiger partial charge >= 0.3 is 0 Å². The van der Waals surface area contributed by atoms with E-state index in [-0.39, 0.29) is 6.42 Å². The first-order valence-electron chi connectivity index (χ1n) is 5.88. The average Bonchev–Trinajstić information content (AvgIpc) is 2.72. The second-order valence-corrected chi connectivity index (χ2v) is 4.89. The van der Waals surface area contributed by atoms with Crippen LogP contribution < -0.4 is 5.73 Å². The highest BCUT2D eigenvalue weighted by Gasteiger charge is 2.33. The Bertz CT molecular complexity index is 481. The molecular weight excluding hydrogens is 243 g/mol. The summed E-state index contributed by atoms with van der Waals surface area (Å²) in [5.41, 5.74) is 4.95. The van der Waals surface area contributed by atoms with Crippen LogP contribution in [-0.2, 0) is 0 Å². The first-order chi connectivity index (χ1) is 8.43. The van der Waals surface area contributed by atoms with E-state index in [1.54, 1.807) is 0 Å². The smallest absolute Gasteiger partial charge is 0.195 e. The third kappa shape index (κ3) is 2.41. The molecule has 1 aromatic carbocycles. The first kappa shape index (κ1) is 13.1. The minimum Gasteiger partial charge on any atom is -0.325 e. The molecular formula is C13H14F3NO. The van der Waals surface area contributed by atoms with Gasteiger partial charge in [-0.25, -0.2) is 13.2 Å². The van der Waals surface area contributed by atoms with Crippen LogP contribution in [0.1, 0.15) is 42.5 Å². The van der Waals surface area contributed by atoms with Gasteiger partial charge in [0, 0.05) is 12.0 Å². The van der Waals surface area contributed by atoms with Gasteiger partial charge in [0.1, 0.15) is 0 Å². The Labute approximate surface area is 103 Å². The molecule has 18 heavy (non-hydrogen) atoms. The molecule has 0 heterocycles. The van der Waals surface area contributed by atoms with E-state index in [9.17, 15) is 18.0 Å². The van der Waals surface area contributed by atoms with Crippen LogP contribution in [0, 0.1) is 17.5 Å². The Kier molecular flexibility index (Phi) is 3.43. The van der Waals surface area contributed by atoms with E-state index < -0.39 is 34.3 Å². The molecule has 1 saturated carbocycles. The molecule has 0 amide bonds. The van der Waals surface area contributed by atoms with Gasteiger partial charge in [-0.15, -0.1) is 0 Å². The zero-order chi connectivity index (χ0) is 13.3. The van der Waals surface area contributed by atoms with Crippen LogP contribution in [0.4, 0.5) is 13.2 Å². The second kappa shape index (κ2) is 4.72. The van der Waals surface area contributed by atoms with Crippen molar-refractivity contribution < 1.29 is 18.0 Å². The van der Waals surface area contributed by atoms with Gasteiger partial charge in [-0.2, -0.15) is 0 Å². The van der Waals surface area contributed by atoms with Crippen molar-refractivity contribution in [3.05, 3.63) is 35.1 Å². The van der Waals surface area contributed by atoms with E-state index in [0.717, 1.165) is 25.0 Å². The van der Waals surface area contributed by atoms with Crippen LogP contribution in [-0.4, -0.2) is 11.3 Å². The molecule has 0 atom stereocenters. The number of rotatable bonds is 3. The van der Waals surface area contributed by atoms with Gasteiger partial charge in [0.05, 0.1) is 5.56 Å². The minimum absolute atomic E-state index is 0.0327. The Morgan fingerprint density at radius 1 is 1.17 bits per heavy atom. The zero-order valence-corrected chi connectivity index (χ0v) is 9.81. The number of hydrogen-bond acceptors (Lipinski definition) is 2. The lowest BCUT2D eigenvalue weighted by Gasteiger charge is -2.22. The number of ketones is 1. The largest absolute Gasteiger partial charge is 0.325 e. The van der Waals surface area contributed by atoms with Crippen LogP contribution in [0.2, 0.25) is 0 Å². The number of carbonyl (C=O) groups excluding carboxylic acids is 1. The van der Waals surface area contributed by atoms with Crippen molar-refractivity contribution in [2.75, 3.05) is 0 Å². The summed E-state index contributed by atoms with van der Waals surface area (Å²) >= 11 is 0. The molecule has 0 spiro atoms. The lowest BCUT2D eigenvalue weighted by atomic mass is 9.90. The van der Waals surface area contributed by atoms with E-state index >= 15 is 0 Å². The molecule has 0 aromatic heterocycles. The van der Waals surface area contributed by atoms with Crippen molar-refractivity contribution in [2.45, 2.75) is 37.6 Å². The van der Waals surface area contributed by atoms with E-state index in [0.29, 0.717) is 12.8 Å². The summed E-state index contributed by atoms with van der Waals surface area (Å²) in [5.74, 6) is -4.91. The average molecular weight is 257 g/mol. The highest BCUT2D eigenvalue weighted by Crippen LogP contribution is 2.31. The number of nitrogens with two attached hydrogens (primary N) is 1. The van der Waals surface area contributed by atoms with Crippen LogP contribution in [0.3, 0.4) is 0 Å². The normalized spacial score (nSPS) is 18.0. The summed E-state index contributed by atoms with van der Waals surface area (Å²) < 4.78 is 39.2. The molecule has 0 saturated heterocycles. The molecule has 5 heteroatoms. The van der Waals surface area contributed by atoms with E-state index in [2.05, 4.69) is 0 Å². The van der Waals surface area contributed by atoms with E-state index in [1.165, 1.54) is 0 Å². The Morgan fingerprint density at radius 2 is 1.78 bits per heavy atom. The standard InChI is InChI=1S/C13H14F3NO/c14-9-4-3-8(11(15)12(9)16)10(18)7-13(17)5-1-2-6-13/h3-4H,1-2,5-7,17H2. The summed E-state index contributed by atoms with van der Waals surface area (Å²) in [6.45, 7) is 0. The van der Waals surface area contributed by atoms with Crippen molar-refractivity contribution in [2.24, 2.45) is 5.73 Å². The van der Waals surface area contributed by atoms with Gasteiger partial charge in [-0.3, -0.25) is 4.79 Å². The Hall–Kier alpha value is -1.36. The Morgan fingerprint density at radius 3 is 2.39 bits per heavy atom. The summed E-state index contributed by atoms with van der Waals surface area (Å²) in [6.07, 6.45) is 3.23. The minimum atomic E-state index is -1.61. The molecule has 1 aromatic rings. The Balaban J connectivity index is 2.22. The van der Waals surface area contributed by atoms with Gasteiger partial charge < -0.3 is 5.73 Å². The molecule has 1 aliphatic rings. The summed E-state index contributed by atoms with van der Waals surface area (Å²) in [6, 6.07) is 1.72. The number of carbonyl (C=O) groups is 1. The number of Topliss-reactive ketones (excluding diaryl/α,β-unsaturated/α-hetero) is 1. The molecule has 0 aliphatic heterocycles. The molecule has 0 radical (unpaired) electrons. The molecule has 98 valence electrons. The zero-order valence-electron chi connectivity index (χ0n) is 9.81. The van der Waals surface area contributed by atoms with Crippen molar-refractivity contribution in [3.63, 3.8) is 0 Å².